The molecule has 0 aromatic heterocycles. The van der Waals surface area contributed by atoms with E-state index in [1.165, 1.54) is 0 Å². The molecule has 7 heteroatoms. The molecule has 6 nitrogen and oxygen atoms in total. The van der Waals surface area contributed by atoms with Gasteiger partial charge in [0.2, 0.25) is 5.91 Å². The number of likely N-dealkylation sites (N-methyl/N-ethyl adjacent to an activating group) is 1. The molecule has 2 amide bonds. The molecule has 0 aliphatic carbocycles. The molecule has 0 radical (unpaired) electrons. The van der Waals surface area contributed by atoms with Crippen LogP contribution in [0.3, 0.4) is 0 Å². The third kappa shape index (κ3) is 5.23. The fourth-order valence-corrected chi connectivity index (χ4v) is 4.35. The Labute approximate surface area is 180 Å². The number of piperidine rings is 1. The van der Waals surface area contributed by atoms with E-state index in [1.807, 2.05) is 47.2 Å². The topological polar surface area (TPSA) is 61.9 Å². The number of hydrogen-bond acceptors (Lipinski definition) is 4. The van der Waals surface area contributed by atoms with Gasteiger partial charge in [-0.2, -0.15) is 0 Å². The Kier molecular flexibility index (Phi) is 8.34. The molecule has 1 unspecified atom stereocenters. The van der Waals surface area contributed by atoms with Gasteiger partial charge in [0.25, 0.3) is 0 Å². The van der Waals surface area contributed by atoms with Crippen LogP contribution in [0.2, 0.25) is 0 Å². The van der Waals surface area contributed by atoms with E-state index in [9.17, 15) is 9.59 Å². The molecule has 1 atom stereocenters. The number of carbonyl (C=O) groups excluding carboxylic acids is 2. The number of carbonyl (C=O) groups is 2. The summed E-state index contributed by atoms with van der Waals surface area (Å²) in [5.41, 5.74) is 0.542. The van der Waals surface area contributed by atoms with E-state index in [1.54, 1.807) is 0 Å². The normalized spacial score (nSPS) is 19.2. The summed E-state index contributed by atoms with van der Waals surface area (Å²) >= 11 is 0. The van der Waals surface area contributed by atoms with Crippen molar-refractivity contribution in [2.75, 3.05) is 33.2 Å². The fourth-order valence-electron chi connectivity index (χ4n) is 4.35. The molecule has 162 valence electrons. The summed E-state index contributed by atoms with van der Waals surface area (Å²) in [4.78, 5) is 29.2. The Bertz CT molecular complexity index is 673. The van der Waals surface area contributed by atoms with Gasteiger partial charge in [0.15, 0.2) is 0 Å². The lowest BCUT2D eigenvalue weighted by Gasteiger charge is -2.38. The number of ether oxygens (including phenoxy) is 1. The number of hydrogen-bond donors (Lipinski definition) is 1. The number of halogens is 1. The number of benzene rings is 1. The highest BCUT2D eigenvalue weighted by Crippen LogP contribution is 2.34. The standard InChI is InChI=1S/C22H33N3O3.ClH/c1-4-17(5-2)15-25-16-22(28-21(25)27)11-13-24(14-12-22)20(26)19(23-3)18-9-7-6-8-10-18;/h6-10,17,19,23H,4-5,11-16H2,1-3H3;1H. The van der Waals surface area contributed by atoms with Crippen LogP contribution in [0, 0.1) is 5.92 Å². The third-order valence-electron chi connectivity index (χ3n) is 6.33. The molecule has 3 rings (SSSR count). The van der Waals surface area contributed by atoms with Crippen LogP contribution in [-0.2, 0) is 9.53 Å². The summed E-state index contributed by atoms with van der Waals surface area (Å²) in [5.74, 6) is 0.605. The van der Waals surface area contributed by atoms with Gasteiger partial charge in [-0.15, -0.1) is 12.4 Å². The van der Waals surface area contributed by atoms with Gasteiger partial charge in [0.05, 0.1) is 6.54 Å². The molecule has 2 fully saturated rings. The van der Waals surface area contributed by atoms with Gasteiger partial charge < -0.3 is 19.9 Å². The monoisotopic (exact) mass is 423 g/mol. The van der Waals surface area contributed by atoms with Crippen molar-refractivity contribution in [3.63, 3.8) is 0 Å². The van der Waals surface area contributed by atoms with Crippen LogP contribution in [0.1, 0.15) is 51.1 Å². The number of nitrogens with one attached hydrogen (secondary N) is 1. The van der Waals surface area contributed by atoms with Crippen molar-refractivity contribution in [1.82, 2.24) is 15.1 Å². The molecule has 1 spiro atoms. The van der Waals surface area contributed by atoms with Gasteiger partial charge in [-0.25, -0.2) is 4.79 Å². The first kappa shape index (κ1) is 23.5. The van der Waals surface area contributed by atoms with E-state index in [0.29, 0.717) is 38.4 Å². The van der Waals surface area contributed by atoms with E-state index < -0.39 is 5.60 Å². The van der Waals surface area contributed by atoms with Crippen LogP contribution in [0.25, 0.3) is 0 Å². The van der Waals surface area contributed by atoms with Crippen molar-refractivity contribution in [1.29, 1.82) is 0 Å². The first-order valence-corrected chi connectivity index (χ1v) is 10.5. The predicted molar refractivity (Wildman–Crippen MR) is 116 cm³/mol. The van der Waals surface area contributed by atoms with Gasteiger partial charge >= 0.3 is 6.09 Å². The van der Waals surface area contributed by atoms with Crippen molar-refractivity contribution in [3.05, 3.63) is 35.9 Å². The predicted octanol–water partition coefficient (Wildman–Crippen LogP) is 3.62. The van der Waals surface area contributed by atoms with Crippen molar-refractivity contribution >= 4 is 24.4 Å². The minimum atomic E-state index is -0.429. The van der Waals surface area contributed by atoms with E-state index in [2.05, 4.69) is 19.2 Å². The lowest BCUT2D eigenvalue weighted by atomic mass is 9.90. The van der Waals surface area contributed by atoms with E-state index >= 15 is 0 Å². The molecular formula is C22H34ClN3O3. The highest BCUT2D eigenvalue weighted by Gasteiger charge is 2.48. The molecule has 2 aliphatic heterocycles. The van der Waals surface area contributed by atoms with Crippen LogP contribution in [0.15, 0.2) is 30.3 Å². The maximum absolute atomic E-state index is 13.0. The quantitative estimate of drug-likeness (QED) is 0.727. The summed E-state index contributed by atoms with van der Waals surface area (Å²) in [5, 5.41) is 3.14. The van der Waals surface area contributed by atoms with Gasteiger partial charge in [-0.3, -0.25) is 4.79 Å². The summed E-state index contributed by atoms with van der Waals surface area (Å²) in [6, 6.07) is 9.45. The van der Waals surface area contributed by atoms with Gasteiger partial charge in [0, 0.05) is 32.5 Å². The van der Waals surface area contributed by atoms with Crippen LogP contribution < -0.4 is 5.32 Å². The first-order chi connectivity index (χ1) is 13.5. The molecule has 0 saturated carbocycles. The molecule has 1 aromatic rings. The SMILES string of the molecule is CCC(CC)CN1CC2(CCN(C(=O)C(NC)c3ccccc3)CC2)OC1=O.Cl. The fraction of sp³-hybridized carbons (Fsp3) is 0.636. The molecule has 1 aromatic carbocycles. The summed E-state index contributed by atoms with van der Waals surface area (Å²) < 4.78 is 5.83. The van der Waals surface area contributed by atoms with E-state index in [-0.39, 0.29) is 30.4 Å². The minimum absolute atomic E-state index is 0. The van der Waals surface area contributed by atoms with Crippen molar-refractivity contribution in [3.8, 4) is 0 Å². The average molecular weight is 424 g/mol. The lowest BCUT2D eigenvalue weighted by molar-refractivity contribution is -0.136. The Morgan fingerprint density at radius 2 is 1.79 bits per heavy atom. The molecule has 0 bridgehead atoms. The van der Waals surface area contributed by atoms with Crippen LogP contribution in [0.5, 0.6) is 0 Å². The lowest BCUT2D eigenvalue weighted by Crippen LogP contribution is -2.51. The van der Waals surface area contributed by atoms with Gasteiger partial charge in [-0.1, -0.05) is 57.0 Å². The molecule has 29 heavy (non-hydrogen) atoms. The maximum atomic E-state index is 13.0. The minimum Gasteiger partial charge on any atom is -0.441 e. The van der Waals surface area contributed by atoms with E-state index in [4.69, 9.17) is 4.74 Å². The Hall–Kier alpha value is -1.79. The molecule has 2 aliphatic rings. The third-order valence-corrected chi connectivity index (χ3v) is 6.33. The maximum Gasteiger partial charge on any atom is 0.410 e. The van der Waals surface area contributed by atoms with Crippen molar-refractivity contribution < 1.29 is 14.3 Å². The van der Waals surface area contributed by atoms with Crippen molar-refractivity contribution in [2.45, 2.75) is 51.2 Å². The van der Waals surface area contributed by atoms with Gasteiger partial charge in [0.1, 0.15) is 11.6 Å². The Morgan fingerprint density at radius 1 is 1.17 bits per heavy atom. The summed E-state index contributed by atoms with van der Waals surface area (Å²) in [6.45, 7) is 7.00. The second kappa shape index (κ2) is 10.3. The van der Waals surface area contributed by atoms with Crippen LogP contribution in [-0.4, -0.2) is 60.6 Å². The summed E-state index contributed by atoms with van der Waals surface area (Å²) in [7, 11) is 1.81. The molecular weight excluding hydrogens is 390 g/mol. The number of nitrogens with zero attached hydrogens (tertiary/aromatic N) is 2. The largest absolute Gasteiger partial charge is 0.441 e. The zero-order valence-corrected chi connectivity index (χ0v) is 18.5. The summed E-state index contributed by atoms with van der Waals surface area (Å²) in [6.07, 6.45) is 3.36. The smallest absolute Gasteiger partial charge is 0.410 e. The highest BCUT2D eigenvalue weighted by molar-refractivity contribution is 5.85. The molecule has 1 N–H and O–H groups in total. The van der Waals surface area contributed by atoms with E-state index in [0.717, 1.165) is 24.9 Å². The zero-order valence-electron chi connectivity index (χ0n) is 17.7. The zero-order chi connectivity index (χ0) is 20.1. The number of likely N-dealkylation sites (tertiary alicyclic amines) is 1. The molecule has 2 heterocycles. The first-order valence-electron chi connectivity index (χ1n) is 10.5. The second-order valence-corrected chi connectivity index (χ2v) is 8.07. The second-order valence-electron chi connectivity index (χ2n) is 8.07. The number of amides is 2. The molecule has 2 saturated heterocycles. The number of rotatable bonds is 7. The Morgan fingerprint density at radius 3 is 2.34 bits per heavy atom. The highest BCUT2D eigenvalue weighted by atomic mass is 35.5. The average Bonchev–Trinajstić information content (AvgIpc) is 3.02. The van der Waals surface area contributed by atoms with Gasteiger partial charge in [-0.05, 0) is 18.5 Å². The van der Waals surface area contributed by atoms with Crippen LogP contribution in [0.4, 0.5) is 4.79 Å². The van der Waals surface area contributed by atoms with Crippen LogP contribution >= 0.6 is 12.4 Å². The Balaban J connectivity index is 0.00000300. The van der Waals surface area contributed by atoms with Crippen molar-refractivity contribution in [2.24, 2.45) is 5.92 Å².